The molecule has 9 aromatic rings. The molecule has 0 aliphatic carbocycles. The normalized spacial score (nSPS) is 11.5. The number of carbonyl (C=O) groups excluding carboxylic acids is 4. The summed E-state index contributed by atoms with van der Waals surface area (Å²) in [6.45, 7) is 25.0. The van der Waals surface area contributed by atoms with Crippen molar-refractivity contribution in [3.63, 3.8) is 0 Å². The van der Waals surface area contributed by atoms with E-state index in [1.165, 1.54) is 12.1 Å². The van der Waals surface area contributed by atoms with Crippen LogP contribution in [0, 0.1) is 34.1 Å². The Morgan fingerprint density at radius 1 is 0.495 bits per heavy atom. The van der Waals surface area contributed by atoms with Crippen molar-refractivity contribution in [2.24, 2.45) is 32.0 Å². The highest BCUT2D eigenvalue weighted by Crippen LogP contribution is 2.35. The van der Waals surface area contributed by atoms with Crippen LogP contribution in [0.25, 0.3) is 33.8 Å². The fraction of sp³-hybridized carbons (Fsp3) is 0.329. The number of aldehydes is 3. The molecule has 15 nitrogen and oxygen atoms in total. The van der Waals surface area contributed by atoms with Gasteiger partial charge in [-0.05, 0) is 162 Å². The zero-order chi connectivity index (χ0) is 70.5. The van der Waals surface area contributed by atoms with Crippen molar-refractivity contribution in [1.29, 1.82) is 0 Å². The van der Waals surface area contributed by atoms with E-state index < -0.39 is 46.1 Å². The lowest BCUT2D eigenvalue weighted by atomic mass is 9.90. The largest absolute Gasteiger partial charge is 0.508 e. The van der Waals surface area contributed by atoms with Gasteiger partial charge in [0, 0.05) is 83.4 Å². The minimum atomic E-state index is -0.940. The van der Waals surface area contributed by atoms with Gasteiger partial charge in [-0.3, -0.25) is 19.3 Å². The average Bonchev–Trinajstić information content (AvgIpc) is 1.71. The monoisotopic (exact) mass is 1360 g/mol. The van der Waals surface area contributed by atoms with Crippen LogP contribution in [0.1, 0.15) is 144 Å². The van der Waals surface area contributed by atoms with Gasteiger partial charge in [0.1, 0.15) is 75.1 Å². The number of benzene rings is 6. The van der Waals surface area contributed by atoms with Gasteiger partial charge in [-0.25, -0.2) is 37.3 Å². The van der Waals surface area contributed by atoms with Crippen molar-refractivity contribution in [2.75, 3.05) is 0 Å². The second kappa shape index (κ2) is 32.1. The Kier molecular flexibility index (Phi) is 25.4. The third-order valence-electron chi connectivity index (χ3n) is 14.6. The highest BCUT2D eigenvalue weighted by molar-refractivity contribution is 6.31. The van der Waals surface area contributed by atoms with Crippen LogP contribution >= 0.6 is 34.8 Å². The second-order valence-electron chi connectivity index (χ2n) is 26.7. The van der Waals surface area contributed by atoms with Crippen LogP contribution in [-0.2, 0) is 45.3 Å². The predicted molar refractivity (Wildman–Crippen MR) is 365 cm³/mol. The Balaban J connectivity index is 0.000000215. The number of carbonyl (C=O) groups is 4. The molecule has 0 saturated carbocycles. The van der Waals surface area contributed by atoms with E-state index in [1.54, 1.807) is 47.5 Å². The van der Waals surface area contributed by atoms with Crippen molar-refractivity contribution in [2.45, 2.75) is 126 Å². The first-order valence-corrected chi connectivity index (χ1v) is 31.4. The molecule has 0 saturated heterocycles. The molecular weight excluding hydrogens is 1290 g/mol. The van der Waals surface area contributed by atoms with Gasteiger partial charge in [0.2, 0.25) is 0 Å². The SMILES string of the molecule is Cn1c(-c2ccc(O)cc2)cnc1CCC(C)(C)C.Cn1c(-c2ccc(Oc3cc(Cl)cc(F)c3C=O)cc2)cnc1CCC(C)(C)C.Cn1c(-c2ccc(Oc3cc(Cl)cc(F)c3C=O)cc2)cnc1CN(C(=O)OC(C)(C)C)C(C)(C)C.O=Cc1c(F)cc(Cl)cc1F. The summed E-state index contributed by atoms with van der Waals surface area (Å²) in [5.41, 5.74) is 4.39. The summed E-state index contributed by atoms with van der Waals surface area (Å²) < 4.78 is 76.1. The average molecular weight is 1370 g/mol. The van der Waals surface area contributed by atoms with Crippen molar-refractivity contribution in [1.82, 2.24) is 33.6 Å². The molecule has 0 bridgehead atoms. The number of hydrogen-bond donors (Lipinski definition) is 1. The summed E-state index contributed by atoms with van der Waals surface area (Å²) in [7, 11) is 5.94. The van der Waals surface area contributed by atoms with Crippen molar-refractivity contribution in [3.05, 3.63) is 200 Å². The van der Waals surface area contributed by atoms with Crippen LogP contribution in [0.3, 0.4) is 0 Å². The van der Waals surface area contributed by atoms with E-state index in [0.717, 1.165) is 95.4 Å². The summed E-state index contributed by atoms with van der Waals surface area (Å²) in [5, 5.41) is 9.56. The number of phenols is 1. The molecule has 0 atom stereocenters. The number of aromatic hydroxyl groups is 1. The lowest BCUT2D eigenvalue weighted by Crippen LogP contribution is -2.47. The molecule has 6 aromatic carbocycles. The lowest BCUT2D eigenvalue weighted by molar-refractivity contribution is 0.00275. The van der Waals surface area contributed by atoms with Crippen molar-refractivity contribution < 1.29 is 56.1 Å². The van der Waals surface area contributed by atoms with E-state index in [1.807, 2.05) is 116 Å². The zero-order valence-electron chi connectivity index (χ0n) is 56.0. The molecule has 0 aliphatic heterocycles. The molecule has 1 amide bonds. The third kappa shape index (κ3) is 21.6. The maximum Gasteiger partial charge on any atom is 0.411 e. The molecule has 0 radical (unpaired) electrons. The number of rotatable bonds is 16. The second-order valence-corrected chi connectivity index (χ2v) is 28.1. The molecular formula is C73H80Cl3F4N7O8. The summed E-state index contributed by atoms with van der Waals surface area (Å²) in [4.78, 5) is 60.6. The van der Waals surface area contributed by atoms with Crippen LogP contribution < -0.4 is 9.47 Å². The molecule has 0 fully saturated rings. The molecule has 22 heteroatoms. The Morgan fingerprint density at radius 2 is 0.811 bits per heavy atom. The van der Waals surface area contributed by atoms with E-state index in [0.29, 0.717) is 41.1 Å². The minimum Gasteiger partial charge on any atom is -0.508 e. The molecule has 95 heavy (non-hydrogen) atoms. The van der Waals surface area contributed by atoms with Gasteiger partial charge < -0.3 is 33.0 Å². The lowest BCUT2D eigenvalue weighted by Gasteiger charge is -2.36. The molecule has 1 N–H and O–H groups in total. The van der Waals surface area contributed by atoms with Gasteiger partial charge in [0.05, 0.1) is 58.9 Å². The van der Waals surface area contributed by atoms with E-state index in [2.05, 4.69) is 65.6 Å². The standard InChI is InChI=1S/C27H31ClFN3O4.C23H24ClFN2O2.C16H22N2O.C7H3ClF2O/c1-26(2,3)32(25(34)36-27(4,5)6)15-24-30-14-22(31(24)7)17-8-10-19(11-9-17)35-23-13-18(28)12-21(29)20(23)16-33;1-23(2,3)10-9-22-26-13-20(27(22)4)15-5-7-17(8-6-15)29-21-12-16(24)11-19(25)18(21)14-28;1-16(2,3)10-9-15-17-11-14(18(15)4)12-5-7-13(19)8-6-12;8-4-1-6(9)5(3-11)7(10)2-4/h8-14,16H,15H2,1-7H3;5-8,11-14H,9-10H2,1-4H3;5-8,11,19H,9-10H2,1-4H3;1-3H. The number of aromatic nitrogens is 6. The summed E-state index contributed by atoms with van der Waals surface area (Å²) >= 11 is 17.1. The summed E-state index contributed by atoms with van der Waals surface area (Å²) in [6.07, 6.45) is 10.1. The quantitative estimate of drug-likeness (QED) is 0.0720. The Morgan fingerprint density at radius 3 is 1.14 bits per heavy atom. The first-order chi connectivity index (χ1) is 44.4. The van der Waals surface area contributed by atoms with Crippen molar-refractivity contribution >= 4 is 59.8 Å². The van der Waals surface area contributed by atoms with Crippen LogP contribution in [0.15, 0.2) is 128 Å². The van der Waals surface area contributed by atoms with Crippen LogP contribution in [0.4, 0.5) is 22.4 Å². The molecule has 3 heterocycles. The van der Waals surface area contributed by atoms with Gasteiger partial charge in [0.25, 0.3) is 0 Å². The topological polar surface area (TPSA) is 173 Å². The van der Waals surface area contributed by atoms with E-state index in [4.69, 9.17) is 49.0 Å². The fourth-order valence-electron chi connectivity index (χ4n) is 9.23. The van der Waals surface area contributed by atoms with Gasteiger partial charge >= 0.3 is 6.09 Å². The van der Waals surface area contributed by atoms with Crippen LogP contribution in [0.2, 0.25) is 15.1 Å². The first kappa shape index (κ1) is 75.3. The Hall–Kier alpha value is -8.78. The smallest absolute Gasteiger partial charge is 0.411 e. The number of amides is 1. The van der Waals surface area contributed by atoms with Gasteiger partial charge in [-0.2, -0.15) is 0 Å². The number of hydrogen-bond acceptors (Lipinski definition) is 11. The highest BCUT2D eigenvalue weighted by Gasteiger charge is 2.32. The van der Waals surface area contributed by atoms with E-state index in [-0.39, 0.29) is 55.9 Å². The maximum absolute atomic E-state index is 14.0. The molecule has 0 unspecified atom stereocenters. The molecule has 0 aliphatic rings. The molecule has 9 rings (SSSR count). The number of phenolic OH excluding ortho intramolecular Hbond substituents is 1. The van der Waals surface area contributed by atoms with E-state index >= 15 is 0 Å². The Labute approximate surface area is 567 Å². The highest BCUT2D eigenvalue weighted by atomic mass is 35.5. The zero-order valence-corrected chi connectivity index (χ0v) is 58.2. The molecule has 504 valence electrons. The van der Waals surface area contributed by atoms with Gasteiger partial charge in [0.15, 0.2) is 18.9 Å². The Bertz CT molecular complexity index is 4100. The predicted octanol–water partition coefficient (Wildman–Crippen LogP) is 19.7. The number of halogens is 7. The third-order valence-corrected chi connectivity index (χ3v) is 15.3. The number of imidazole rings is 3. The first-order valence-electron chi connectivity index (χ1n) is 30.3. The minimum absolute atomic E-state index is 0.0370. The number of ether oxygens (including phenoxy) is 3. The maximum atomic E-state index is 14.0. The number of aryl methyl sites for hydroxylation is 2. The molecule has 3 aromatic heterocycles. The fourth-order valence-corrected chi connectivity index (χ4v) is 9.81. The number of nitrogens with zero attached hydrogens (tertiary/aromatic N) is 7. The molecule has 0 spiro atoms. The van der Waals surface area contributed by atoms with Gasteiger partial charge in [-0.15, -0.1) is 0 Å². The van der Waals surface area contributed by atoms with Crippen LogP contribution in [-0.4, -0.2) is 74.8 Å². The van der Waals surface area contributed by atoms with E-state index in [9.17, 15) is 41.8 Å². The summed E-state index contributed by atoms with van der Waals surface area (Å²) in [6, 6.07) is 28.4. The van der Waals surface area contributed by atoms with Gasteiger partial charge in [-0.1, -0.05) is 76.3 Å². The van der Waals surface area contributed by atoms with Crippen molar-refractivity contribution in [3.8, 4) is 62.5 Å². The van der Waals surface area contributed by atoms with Crippen LogP contribution in [0.5, 0.6) is 28.7 Å². The summed E-state index contributed by atoms with van der Waals surface area (Å²) in [5.74, 6) is 0.809.